The summed E-state index contributed by atoms with van der Waals surface area (Å²) in [6.45, 7) is 4.15. The van der Waals surface area contributed by atoms with Gasteiger partial charge >= 0.3 is 0 Å². The second kappa shape index (κ2) is 5.87. The number of rotatable bonds is 4. The van der Waals surface area contributed by atoms with Gasteiger partial charge in [-0.25, -0.2) is 24.6 Å². The van der Waals surface area contributed by atoms with Crippen LogP contribution in [0.15, 0.2) is 31.0 Å². The van der Waals surface area contributed by atoms with Gasteiger partial charge in [-0.05, 0) is 13.8 Å². The topological polar surface area (TPSA) is 108 Å². The van der Waals surface area contributed by atoms with Crippen LogP contribution in [-0.4, -0.2) is 42.7 Å². The number of nitrogens with one attached hydrogen (secondary N) is 1. The average molecular weight is 351 g/mol. The van der Waals surface area contributed by atoms with E-state index in [2.05, 4.69) is 30.4 Å². The molecule has 0 radical (unpaired) electrons. The summed E-state index contributed by atoms with van der Waals surface area (Å²) in [5, 5.41) is 7.33. The standard InChI is InChI=1S/C17H17N7O2/c1-17(2)11-7-20-15(21-14(11)22-16(17)25)12-4-13(26-3)24(23-12)8-10-5-18-9-19-6-10/h4-7,9H,8H2,1-3H3,(H,20,21,22,25). The van der Waals surface area contributed by atoms with Gasteiger partial charge in [-0.15, -0.1) is 0 Å². The summed E-state index contributed by atoms with van der Waals surface area (Å²) in [6.07, 6.45) is 6.59. The number of ether oxygens (including phenoxy) is 1. The van der Waals surface area contributed by atoms with Crippen molar-refractivity contribution in [3.05, 3.63) is 42.1 Å². The highest BCUT2D eigenvalue weighted by atomic mass is 16.5. The van der Waals surface area contributed by atoms with Gasteiger partial charge in [0.2, 0.25) is 11.8 Å². The Bertz CT molecular complexity index is 982. The maximum Gasteiger partial charge on any atom is 0.235 e. The van der Waals surface area contributed by atoms with Gasteiger partial charge in [0.1, 0.15) is 17.8 Å². The average Bonchev–Trinajstić information content (AvgIpc) is 3.14. The molecule has 0 fully saturated rings. The Labute approximate surface area is 149 Å². The molecule has 0 aliphatic carbocycles. The van der Waals surface area contributed by atoms with Crippen LogP contribution in [0.4, 0.5) is 5.82 Å². The first-order valence-electron chi connectivity index (χ1n) is 8.04. The second-order valence-electron chi connectivity index (χ2n) is 6.51. The van der Waals surface area contributed by atoms with Gasteiger partial charge in [-0.3, -0.25) is 4.79 Å². The van der Waals surface area contributed by atoms with Gasteiger partial charge < -0.3 is 10.1 Å². The predicted molar refractivity (Wildman–Crippen MR) is 92.6 cm³/mol. The molecule has 26 heavy (non-hydrogen) atoms. The number of hydrogen-bond acceptors (Lipinski definition) is 7. The van der Waals surface area contributed by atoms with E-state index in [-0.39, 0.29) is 5.91 Å². The molecule has 4 heterocycles. The number of carbonyl (C=O) groups is 1. The normalized spacial score (nSPS) is 14.8. The van der Waals surface area contributed by atoms with E-state index < -0.39 is 5.41 Å². The lowest BCUT2D eigenvalue weighted by molar-refractivity contribution is -0.119. The van der Waals surface area contributed by atoms with E-state index in [1.165, 1.54) is 6.33 Å². The number of nitrogens with zero attached hydrogens (tertiary/aromatic N) is 6. The Morgan fingerprint density at radius 1 is 1.23 bits per heavy atom. The van der Waals surface area contributed by atoms with Crippen molar-refractivity contribution < 1.29 is 9.53 Å². The molecular formula is C17H17N7O2. The lowest BCUT2D eigenvalue weighted by Gasteiger charge is -2.13. The van der Waals surface area contributed by atoms with Crippen LogP contribution in [0.5, 0.6) is 5.88 Å². The quantitative estimate of drug-likeness (QED) is 0.757. The highest BCUT2D eigenvalue weighted by Crippen LogP contribution is 2.36. The molecule has 132 valence electrons. The van der Waals surface area contributed by atoms with Gasteiger partial charge in [0.25, 0.3) is 0 Å². The van der Waals surface area contributed by atoms with Crippen LogP contribution in [0.3, 0.4) is 0 Å². The number of methoxy groups -OCH3 is 1. The van der Waals surface area contributed by atoms with E-state index in [1.807, 2.05) is 13.8 Å². The van der Waals surface area contributed by atoms with Crippen LogP contribution in [-0.2, 0) is 16.8 Å². The molecule has 3 aromatic rings. The third kappa shape index (κ3) is 2.57. The molecule has 0 unspecified atom stereocenters. The molecule has 4 rings (SSSR count). The van der Waals surface area contributed by atoms with Crippen LogP contribution >= 0.6 is 0 Å². The number of hydrogen-bond donors (Lipinski definition) is 1. The highest BCUT2D eigenvalue weighted by molar-refractivity contribution is 6.04. The molecule has 0 bridgehead atoms. The summed E-state index contributed by atoms with van der Waals surface area (Å²) in [5.74, 6) is 1.42. The molecule has 1 aliphatic heterocycles. The molecule has 0 saturated heterocycles. The fraction of sp³-hybridized carbons (Fsp3) is 0.294. The predicted octanol–water partition coefficient (Wildman–Crippen LogP) is 1.42. The Kier molecular flexibility index (Phi) is 3.64. The van der Waals surface area contributed by atoms with Crippen molar-refractivity contribution in [2.45, 2.75) is 25.8 Å². The van der Waals surface area contributed by atoms with Gasteiger partial charge in [-0.2, -0.15) is 5.10 Å². The first-order chi connectivity index (χ1) is 12.5. The lowest BCUT2D eigenvalue weighted by atomic mass is 9.88. The van der Waals surface area contributed by atoms with Crippen LogP contribution < -0.4 is 10.1 Å². The van der Waals surface area contributed by atoms with Crippen molar-refractivity contribution in [2.24, 2.45) is 0 Å². The number of amides is 1. The molecule has 1 N–H and O–H groups in total. The third-order valence-electron chi connectivity index (χ3n) is 4.39. The summed E-state index contributed by atoms with van der Waals surface area (Å²) in [5.41, 5.74) is 1.59. The number of anilines is 1. The molecule has 0 atom stereocenters. The van der Waals surface area contributed by atoms with Crippen molar-refractivity contribution in [3.8, 4) is 17.4 Å². The number of fused-ring (bicyclic) bond motifs is 1. The minimum atomic E-state index is -0.641. The Balaban J connectivity index is 1.69. The third-order valence-corrected chi connectivity index (χ3v) is 4.39. The van der Waals surface area contributed by atoms with Crippen LogP contribution in [0.1, 0.15) is 25.0 Å². The molecule has 0 saturated carbocycles. The van der Waals surface area contributed by atoms with E-state index in [1.54, 1.807) is 36.4 Å². The summed E-state index contributed by atoms with van der Waals surface area (Å²) >= 11 is 0. The van der Waals surface area contributed by atoms with Gasteiger partial charge in [0, 0.05) is 35.8 Å². The summed E-state index contributed by atoms with van der Waals surface area (Å²) in [6, 6.07) is 1.76. The van der Waals surface area contributed by atoms with Crippen molar-refractivity contribution in [1.82, 2.24) is 29.7 Å². The maximum atomic E-state index is 12.1. The van der Waals surface area contributed by atoms with E-state index in [4.69, 9.17) is 4.74 Å². The van der Waals surface area contributed by atoms with Crippen molar-refractivity contribution in [2.75, 3.05) is 12.4 Å². The fourth-order valence-electron chi connectivity index (χ4n) is 2.82. The lowest BCUT2D eigenvalue weighted by Crippen LogP contribution is -2.26. The zero-order chi connectivity index (χ0) is 18.3. The molecule has 9 heteroatoms. The minimum Gasteiger partial charge on any atom is -0.481 e. The van der Waals surface area contributed by atoms with E-state index >= 15 is 0 Å². The molecule has 3 aromatic heterocycles. The smallest absolute Gasteiger partial charge is 0.235 e. The molecule has 1 amide bonds. The fourth-order valence-corrected chi connectivity index (χ4v) is 2.82. The maximum absolute atomic E-state index is 12.1. The SMILES string of the molecule is COc1cc(-c2ncc3c(n2)NC(=O)C3(C)C)nn1Cc1cncnc1. The van der Waals surface area contributed by atoms with E-state index in [9.17, 15) is 4.79 Å². The molecular weight excluding hydrogens is 334 g/mol. The summed E-state index contributed by atoms with van der Waals surface area (Å²) in [7, 11) is 1.57. The van der Waals surface area contributed by atoms with Gasteiger partial charge in [0.15, 0.2) is 5.82 Å². The number of carbonyl (C=O) groups excluding carboxylic acids is 1. The number of aromatic nitrogens is 6. The van der Waals surface area contributed by atoms with Gasteiger partial charge in [-0.1, -0.05) is 0 Å². The molecule has 9 nitrogen and oxygen atoms in total. The van der Waals surface area contributed by atoms with Crippen LogP contribution in [0.25, 0.3) is 11.5 Å². The van der Waals surface area contributed by atoms with E-state index in [0.717, 1.165) is 11.1 Å². The highest BCUT2D eigenvalue weighted by Gasteiger charge is 2.40. The Morgan fingerprint density at radius 2 is 2.00 bits per heavy atom. The zero-order valence-electron chi connectivity index (χ0n) is 14.6. The first-order valence-corrected chi connectivity index (χ1v) is 8.04. The second-order valence-corrected chi connectivity index (χ2v) is 6.51. The van der Waals surface area contributed by atoms with Crippen molar-refractivity contribution in [1.29, 1.82) is 0 Å². The minimum absolute atomic E-state index is 0.0915. The molecule has 0 spiro atoms. The summed E-state index contributed by atoms with van der Waals surface area (Å²) in [4.78, 5) is 28.9. The molecule has 1 aliphatic rings. The Morgan fingerprint density at radius 3 is 2.73 bits per heavy atom. The largest absolute Gasteiger partial charge is 0.481 e. The first kappa shape index (κ1) is 16.1. The van der Waals surface area contributed by atoms with E-state index in [0.29, 0.717) is 29.8 Å². The van der Waals surface area contributed by atoms with Crippen LogP contribution in [0, 0.1) is 0 Å². The van der Waals surface area contributed by atoms with Crippen molar-refractivity contribution in [3.63, 3.8) is 0 Å². The van der Waals surface area contributed by atoms with Gasteiger partial charge in [0.05, 0.1) is 19.1 Å². The summed E-state index contributed by atoms with van der Waals surface area (Å²) < 4.78 is 7.08. The molecule has 0 aromatic carbocycles. The monoisotopic (exact) mass is 351 g/mol. The van der Waals surface area contributed by atoms with Crippen molar-refractivity contribution >= 4 is 11.7 Å². The zero-order valence-corrected chi connectivity index (χ0v) is 14.6. The Hall–Kier alpha value is -3.36. The van der Waals surface area contributed by atoms with Crippen LogP contribution in [0.2, 0.25) is 0 Å².